The molecule has 2 nitrogen and oxygen atoms in total. The fraction of sp³-hybridized carbons (Fsp3) is 0.294. The van der Waals surface area contributed by atoms with Crippen LogP contribution in [-0.2, 0) is 6.54 Å². The Hall–Kier alpha value is -1.39. The van der Waals surface area contributed by atoms with Crippen molar-refractivity contribution in [2.75, 3.05) is 19.0 Å². The number of benzene rings is 2. The van der Waals surface area contributed by atoms with Crippen LogP contribution >= 0.6 is 15.9 Å². The molecule has 0 aliphatic heterocycles. The standard InChI is InChI=1S/C17H20BrFN2/c1-12(20-2)16-8-7-15(10-17(16)18)21(3)11-13-5-4-6-14(19)9-13/h4-10,12,20H,11H2,1-3H3. The van der Waals surface area contributed by atoms with E-state index in [1.807, 2.05) is 20.2 Å². The first kappa shape index (κ1) is 16.0. The molecular weight excluding hydrogens is 331 g/mol. The Labute approximate surface area is 134 Å². The van der Waals surface area contributed by atoms with Gasteiger partial charge < -0.3 is 10.2 Å². The summed E-state index contributed by atoms with van der Waals surface area (Å²) in [5, 5.41) is 3.23. The van der Waals surface area contributed by atoms with Crippen LogP contribution in [0.3, 0.4) is 0 Å². The molecule has 0 heterocycles. The molecule has 0 amide bonds. The molecule has 0 aliphatic carbocycles. The first-order valence-electron chi connectivity index (χ1n) is 6.93. The molecule has 2 aromatic carbocycles. The van der Waals surface area contributed by atoms with Crippen LogP contribution in [0.4, 0.5) is 10.1 Å². The van der Waals surface area contributed by atoms with Gasteiger partial charge in [-0.05, 0) is 49.4 Å². The highest BCUT2D eigenvalue weighted by molar-refractivity contribution is 9.10. The van der Waals surface area contributed by atoms with Gasteiger partial charge in [0.25, 0.3) is 0 Å². The average molecular weight is 351 g/mol. The van der Waals surface area contributed by atoms with Gasteiger partial charge in [-0.1, -0.05) is 34.1 Å². The molecular formula is C17H20BrFN2. The van der Waals surface area contributed by atoms with Crippen LogP contribution in [0.1, 0.15) is 24.1 Å². The van der Waals surface area contributed by atoms with Crippen LogP contribution in [-0.4, -0.2) is 14.1 Å². The first-order chi connectivity index (χ1) is 10.0. The van der Waals surface area contributed by atoms with Crippen molar-refractivity contribution in [2.24, 2.45) is 0 Å². The zero-order valence-electron chi connectivity index (χ0n) is 12.5. The van der Waals surface area contributed by atoms with Crippen molar-refractivity contribution in [2.45, 2.75) is 19.5 Å². The number of halogens is 2. The molecule has 0 saturated carbocycles. The van der Waals surface area contributed by atoms with Crippen molar-refractivity contribution < 1.29 is 4.39 Å². The predicted octanol–water partition coefficient (Wildman–Crippen LogP) is 4.51. The maximum Gasteiger partial charge on any atom is 0.123 e. The Balaban J connectivity index is 2.16. The summed E-state index contributed by atoms with van der Waals surface area (Å²) in [4.78, 5) is 2.10. The minimum atomic E-state index is -0.194. The molecule has 2 aromatic rings. The summed E-state index contributed by atoms with van der Waals surface area (Å²) in [6.07, 6.45) is 0. The fourth-order valence-corrected chi connectivity index (χ4v) is 2.97. The fourth-order valence-electron chi connectivity index (χ4n) is 2.26. The molecule has 1 atom stereocenters. The highest BCUT2D eigenvalue weighted by Gasteiger charge is 2.10. The highest BCUT2D eigenvalue weighted by atomic mass is 79.9. The minimum Gasteiger partial charge on any atom is -0.370 e. The molecule has 1 unspecified atom stereocenters. The van der Waals surface area contributed by atoms with Gasteiger partial charge in [0.2, 0.25) is 0 Å². The maximum absolute atomic E-state index is 13.2. The minimum absolute atomic E-state index is 0.194. The normalized spacial score (nSPS) is 12.2. The van der Waals surface area contributed by atoms with Gasteiger partial charge in [-0.25, -0.2) is 4.39 Å². The largest absolute Gasteiger partial charge is 0.370 e. The van der Waals surface area contributed by atoms with E-state index < -0.39 is 0 Å². The second-order valence-corrected chi connectivity index (χ2v) is 6.06. The number of nitrogens with zero attached hydrogens (tertiary/aromatic N) is 1. The van der Waals surface area contributed by atoms with Gasteiger partial charge in [-0.3, -0.25) is 0 Å². The number of hydrogen-bond donors (Lipinski definition) is 1. The lowest BCUT2D eigenvalue weighted by atomic mass is 10.1. The third-order valence-corrected chi connectivity index (χ3v) is 4.32. The van der Waals surface area contributed by atoms with Crippen molar-refractivity contribution >= 4 is 21.6 Å². The van der Waals surface area contributed by atoms with E-state index in [2.05, 4.69) is 51.3 Å². The van der Waals surface area contributed by atoms with Crippen molar-refractivity contribution in [1.82, 2.24) is 5.32 Å². The summed E-state index contributed by atoms with van der Waals surface area (Å²) in [6.45, 7) is 2.79. The molecule has 0 aromatic heterocycles. The predicted molar refractivity (Wildman–Crippen MR) is 90.1 cm³/mol. The lowest BCUT2D eigenvalue weighted by Crippen LogP contribution is -2.17. The zero-order chi connectivity index (χ0) is 15.4. The van der Waals surface area contributed by atoms with Crippen LogP contribution < -0.4 is 10.2 Å². The summed E-state index contributed by atoms with van der Waals surface area (Å²) in [6, 6.07) is 13.3. The molecule has 21 heavy (non-hydrogen) atoms. The van der Waals surface area contributed by atoms with E-state index in [1.165, 1.54) is 11.6 Å². The molecule has 2 rings (SSSR count). The monoisotopic (exact) mass is 350 g/mol. The van der Waals surface area contributed by atoms with Crippen LogP contribution in [0.15, 0.2) is 46.9 Å². The third-order valence-electron chi connectivity index (χ3n) is 3.63. The summed E-state index contributed by atoms with van der Waals surface area (Å²) >= 11 is 3.63. The van der Waals surface area contributed by atoms with Gasteiger partial charge in [-0.15, -0.1) is 0 Å². The van der Waals surface area contributed by atoms with Crippen molar-refractivity contribution in [1.29, 1.82) is 0 Å². The Morgan fingerprint density at radius 2 is 2.00 bits per heavy atom. The lowest BCUT2D eigenvalue weighted by Gasteiger charge is -2.21. The Kier molecular flexibility index (Phi) is 5.37. The van der Waals surface area contributed by atoms with Crippen LogP contribution in [0.25, 0.3) is 0 Å². The maximum atomic E-state index is 13.2. The van der Waals surface area contributed by atoms with Crippen molar-refractivity contribution in [3.63, 3.8) is 0 Å². The number of anilines is 1. The SMILES string of the molecule is CNC(C)c1ccc(N(C)Cc2cccc(F)c2)cc1Br. The van der Waals surface area contributed by atoms with E-state index in [1.54, 1.807) is 12.1 Å². The molecule has 0 fully saturated rings. The molecule has 0 saturated heterocycles. The first-order valence-corrected chi connectivity index (χ1v) is 7.73. The van der Waals surface area contributed by atoms with Gasteiger partial charge >= 0.3 is 0 Å². The Bertz CT molecular complexity index is 615. The summed E-state index contributed by atoms with van der Waals surface area (Å²) in [7, 11) is 3.95. The van der Waals surface area contributed by atoms with Crippen LogP contribution in [0.2, 0.25) is 0 Å². The summed E-state index contributed by atoms with van der Waals surface area (Å²) < 4.78 is 14.3. The lowest BCUT2D eigenvalue weighted by molar-refractivity contribution is 0.625. The van der Waals surface area contributed by atoms with Gasteiger partial charge in [0.05, 0.1) is 0 Å². The third kappa shape index (κ3) is 4.05. The zero-order valence-corrected chi connectivity index (χ0v) is 14.1. The molecule has 1 N–H and O–H groups in total. The summed E-state index contributed by atoms with van der Waals surface area (Å²) in [5.74, 6) is -0.194. The second kappa shape index (κ2) is 7.05. The number of hydrogen-bond acceptors (Lipinski definition) is 2. The summed E-state index contributed by atoms with van der Waals surface area (Å²) in [5.41, 5.74) is 3.28. The van der Waals surface area contributed by atoms with E-state index in [0.717, 1.165) is 15.7 Å². The Morgan fingerprint density at radius 1 is 1.24 bits per heavy atom. The molecule has 0 spiro atoms. The van der Waals surface area contributed by atoms with E-state index >= 15 is 0 Å². The number of rotatable bonds is 5. The van der Waals surface area contributed by atoms with Crippen LogP contribution in [0, 0.1) is 5.82 Å². The van der Waals surface area contributed by atoms with Gasteiger partial charge in [0.1, 0.15) is 5.82 Å². The highest BCUT2D eigenvalue weighted by Crippen LogP contribution is 2.28. The second-order valence-electron chi connectivity index (χ2n) is 5.20. The topological polar surface area (TPSA) is 15.3 Å². The van der Waals surface area contributed by atoms with Gasteiger partial charge in [-0.2, -0.15) is 0 Å². The van der Waals surface area contributed by atoms with E-state index in [9.17, 15) is 4.39 Å². The van der Waals surface area contributed by atoms with Crippen molar-refractivity contribution in [3.8, 4) is 0 Å². The Morgan fingerprint density at radius 3 is 2.62 bits per heavy atom. The smallest absolute Gasteiger partial charge is 0.123 e. The molecule has 0 aliphatic rings. The molecule has 0 bridgehead atoms. The van der Waals surface area contributed by atoms with Gasteiger partial charge in [0, 0.05) is 29.8 Å². The molecule has 0 radical (unpaired) electrons. The van der Waals surface area contributed by atoms with Crippen molar-refractivity contribution in [3.05, 3.63) is 63.9 Å². The van der Waals surface area contributed by atoms with E-state index in [-0.39, 0.29) is 5.82 Å². The van der Waals surface area contributed by atoms with Gasteiger partial charge in [0.15, 0.2) is 0 Å². The average Bonchev–Trinajstić information content (AvgIpc) is 2.46. The molecule has 4 heteroatoms. The molecule has 112 valence electrons. The van der Waals surface area contributed by atoms with E-state index in [0.29, 0.717) is 12.6 Å². The van der Waals surface area contributed by atoms with Crippen LogP contribution in [0.5, 0.6) is 0 Å². The quantitative estimate of drug-likeness (QED) is 0.853. The van der Waals surface area contributed by atoms with E-state index in [4.69, 9.17) is 0 Å². The number of nitrogens with one attached hydrogen (secondary N) is 1.